The van der Waals surface area contributed by atoms with Crippen molar-refractivity contribution in [3.8, 4) is 16.9 Å². The summed E-state index contributed by atoms with van der Waals surface area (Å²) in [5, 5.41) is 3.25. The van der Waals surface area contributed by atoms with Gasteiger partial charge in [0.25, 0.3) is 0 Å². The van der Waals surface area contributed by atoms with E-state index in [9.17, 15) is 4.39 Å². The minimum Gasteiger partial charge on any atom is -0.494 e. The maximum Gasteiger partial charge on any atom is 0.127 e. The van der Waals surface area contributed by atoms with E-state index in [2.05, 4.69) is 5.32 Å². The fourth-order valence-corrected chi connectivity index (χ4v) is 2.14. The summed E-state index contributed by atoms with van der Waals surface area (Å²) in [5.74, 6) is 0.661. The summed E-state index contributed by atoms with van der Waals surface area (Å²) in [6, 6.07) is 13.4. The van der Waals surface area contributed by atoms with E-state index in [4.69, 9.17) is 4.74 Å². The average molecular weight is 287 g/mol. The second-order valence-corrected chi connectivity index (χ2v) is 5.30. The summed E-state index contributed by atoms with van der Waals surface area (Å²) in [4.78, 5) is 0. The molecule has 0 bridgehead atoms. The molecule has 3 heteroatoms. The molecule has 1 N–H and O–H groups in total. The molecule has 2 aromatic carbocycles. The second-order valence-electron chi connectivity index (χ2n) is 5.30. The Morgan fingerprint density at radius 1 is 1.10 bits per heavy atom. The SMILES string of the molecule is CCOc1cccc(-c2ccc(F)c(CNC(C)C)c2)c1. The van der Waals surface area contributed by atoms with Crippen molar-refractivity contribution < 1.29 is 9.13 Å². The fraction of sp³-hybridized carbons (Fsp3) is 0.333. The third-order valence-corrected chi connectivity index (χ3v) is 3.22. The standard InChI is InChI=1S/C18H22FNO/c1-4-21-17-7-5-6-14(11-17)15-8-9-18(19)16(10-15)12-20-13(2)3/h5-11,13,20H,4,12H2,1-3H3. The van der Waals surface area contributed by atoms with Crippen molar-refractivity contribution in [2.45, 2.75) is 33.4 Å². The van der Waals surface area contributed by atoms with E-state index in [1.807, 2.05) is 51.1 Å². The third-order valence-electron chi connectivity index (χ3n) is 3.22. The van der Waals surface area contributed by atoms with Gasteiger partial charge in [-0.25, -0.2) is 4.39 Å². The first-order chi connectivity index (χ1) is 10.1. The summed E-state index contributed by atoms with van der Waals surface area (Å²) in [5.41, 5.74) is 2.72. The highest BCUT2D eigenvalue weighted by atomic mass is 19.1. The molecule has 0 heterocycles. The van der Waals surface area contributed by atoms with E-state index in [0.717, 1.165) is 16.9 Å². The van der Waals surface area contributed by atoms with Gasteiger partial charge in [-0.05, 0) is 42.3 Å². The lowest BCUT2D eigenvalue weighted by atomic mass is 10.0. The van der Waals surface area contributed by atoms with Crippen LogP contribution in [0.3, 0.4) is 0 Å². The highest BCUT2D eigenvalue weighted by molar-refractivity contribution is 5.65. The summed E-state index contributed by atoms with van der Waals surface area (Å²) in [6.45, 7) is 7.22. The van der Waals surface area contributed by atoms with Crippen LogP contribution >= 0.6 is 0 Å². The largest absolute Gasteiger partial charge is 0.494 e. The van der Waals surface area contributed by atoms with Gasteiger partial charge in [-0.1, -0.05) is 32.0 Å². The van der Waals surface area contributed by atoms with Crippen molar-refractivity contribution in [2.24, 2.45) is 0 Å². The Labute approximate surface area is 126 Å². The zero-order valence-corrected chi connectivity index (χ0v) is 12.8. The fourth-order valence-electron chi connectivity index (χ4n) is 2.14. The van der Waals surface area contributed by atoms with E-state index in [0.29, 0.717) is 24.8 Å². The van der Waals surface area contributed by atoms with Crippen LogP contribution in [0.5, 0.6) is 5.75 Å². The highest BCUT2D eigenvalue weighted by Gasteiger charge is 2.07. The van der Waals surface area contributed by atoms with Crippen molar-refractivity contribution in [1.82, 2.24) is 5.32 Å². The van der Waals surface area contributed by atoms with Crippen molar-refractivity contribution in [2.75, 3.05) is 6.61 Å². The lowest BCUT2D eigenvalue weighted by Crippen LogP contribution is -2.22. The maximum atomic E-state index is 13.9. The van der Waals surface area contributed by atoms with Gasteiger partial charge in [-0.2, -0.15) is 0 Å². The van der Waals surface area contributed by atoms with E-state index in [1.165, 1.54) is 6.07 Å². The van der Waals surface area contributed by atoms with E-state index in [-0.39, 0.29) is 5.82 Å². The molecule has 0 unspecified atom stereocenters. The maximum absolute atomic E-state index is 13.9. The van der Waals surface area contributed by atoms with Crippen molar-refractivity contribution >= 4 is 0 Å². The predicted octanol–water partition coefficient (Wildman–Crippen LogP) is 4.39. The summed E-state index contributed by atoms with van der Waals surface area (Å²) in [6.07, 6.45) is 0. The third kappa shape index (κ3) is 4.30. The molecule has 2 aromatic rings. The van der Waals surface area contributed by atoms with Crippen molar-refractivity contribution in [1.29, 1.82) is 0 Å². The molecule has 0 radical (unpaired) electrons. The molecule has 0 fully saturated rings. The molecule has 0 aliphatic heterocycles. The zero-order chi connectivity index (χ0) is 15.2. The van der Waals surface area contributed by atoms with Gasteiger partial charge in [0.15, 0.2) is 0 Å². The molecule has 2 nitrogen and oxygen atoms in total. The normalized spacial score (nSPS) is 10.9. The molecule has 112 valence electrons. The van der Waals surface area contributed by atoms with Gasteiger partial charge in [0, 0.05) is 18.2 Å². The highest BCUT2D eigenvalue weighted by Crippen LogP contribution is 2.25. The van der Waals surface area contributed by atoms with Gasteiger partial charge < -0.3 is 10.1 Å². The number of rotatable bonds is 6. The van der Waals surface area contributed by atoms with Crippen LogP contribution in [-0.4, -0.2) is 12.6 Å². The van der Waals surface area contributed by atoms with Gasteiger partial charge >= 0.3 is 0 Å². The number of benzene rings is 2. The second kappa shape index (κ2) is 7.23. The molecule has 0 amide bonds. The molecule has 0 aromatic heterocycles. The minimum atomic E-state index is -0.173. The van der Waals surface area contributed by atoms with Crippen LogP contribution in [0.2, 0.25) is 0 Å². The quantitative estimate of drug-likeness (QED) is 0.850. The van der Waals surface area contributed by atoms with Crippen LogP contribution in [0.15, 0.2) is 42.5 Å². The first kappa shape index (κ1) is 15.5. The molecular formula is C18H22FNO. The van der Waals surface area contributed by atoms with Crippen molar-refractivity contribution in [3.63, 3.8) is 0 Å². The Hall–Kier alpha value is -1.87. The summed E-state index contributed by atoms with van der Waals surface area (Å²) >= 11 is 0. The molecule has 0 aliphatic carbocycles. The Bertz CT molecular complexity index is 596. The average Bonchev–Trinajstić information content (AvgIpc) is 2.47. The molecule has 2 rings (SSSR count). The zero-order valence-electron chi connectivity index (χ0n) is 12.8. The first-order valence-electron chi connectivity index (χ1n) is 7.35. The van der Waals surface area contributed by atoms with Gasteiger partial charge in [0.05, 0.1) is 6.61 Å². The summed E-state index contributed by atoms with van der Waals surface area (Å²) in [7, 11) is 0. The van der Waals surface area contributed by atoms with E-state index < -0.39 is 0 Å². The number of hydrogen-bond donors (Lipinski definition) is 1. The molecule has 0 spiro atoms. The number of halogens is 1. The van der Waals surface area contributed by atoms with Gasteiger partial charge in [-0.3, -0.25) is 0 Å². The van der Waals surface area contributed by atoms with Crippen LogP contribution in [0.4, 0.5) is 4.39 Å². The Balaban J connectivity index is 2.27. The summed E-state index contributed by atoms with van der Waals surface area (Å²) < 4.78 is 19.4. The Morgan fingerprint density at radius 2 is 1.86 bits per heavy atom. The Morgan fingerprint density at radius 3 is 2.57 bits per heavy atom. The van der Waals surface area contributed by atoms with Gasteiger partial charge in [0.2, 0.25) is 0 Å². The number of hydrogen-bond acceptors (Lipinski definition) is 2. The van der Waals surface area contributed by atoms with Gasteiger partial charge in [0.1, 0.15) is 11.6 Å². The van der Waals surface area contributed by atoms with Gasteiger partial charge in [-0.15, -0.1) is 0 Å². The van der Waals surface area contributed by atoms with E-state index in [1.54, 1.807) is 6.07 Å². The van der Waals surface area contributed by atoms with Crippen molar-refractivity contribution in [3.05, 3.63) is 53.8 Å². The lowest BCUT2D eigenvalue weighted by molar-refractivity contribution is 0.340. The van der Waals surface area contributed by atoms with Crippen LogP contribution in [-0.2, 0) is 6.54 Å². The van der Waals surface area contributed by atoms with E-state index >= 15 is 0 Å². The molecule has 21 heavy (non-hydrogen) atoms. The lowest BCUT2D eigenvalue weighted by Gasteiger charge is -2.11. The molecule has 0 saturated heterocycles. The first-order valence-corrected chi connectivity index (χ1v) is 7.35. The topological polar surface area (TPSA) is 21.3 Å². The minimum absolute atomic E-state index is 0.173. The molecule has 0 aliphatic rings. The van der Waals surface area contributed by atoms with Crippen LogP contribution in [0.25, 0.3) is 11.1 Å². The molecular weight excluding hydrogens is 265 g/mol. The predicted molar refractivity (Wildman–Crippen MR) is 85.0 cm³/mol. The number of nitrogens with one attached hydrogen (secondary N) is 1. The number of ether oxygens (including phenoxy) is 1. The monoisotopic (exact) mass is 287 g/mol. The smallest absolute Gasteiger partial charge is 0.127 e. The van der Waals surface area contributed by atoms with Crippen LogP contribution < -0.4 is 10.1 Å². The molecule has 0 atom stereocenters. The van der Waals surface area contributed by atoms with Crippen LogP contribution in [0, 0.1) is 5.82 Å². The molecule has 0 saturated carbocycles. The Kier molecular flexibility index (Phi) is 5.34. The van der Waals surface area contributed by atoms with Crippen LogP contribution in [0.1, 0.15) is 26.3 Å².